The highest BCUT2D eigenvalue weighted by atomic mass is 16.5. The Bertz CT molecular complexity index is 810. The maximum absolute atomic E-state index is 12.0. The molecule has 0 unspecified atom stereocenters. The lowest BCUT2D eigenvalue weighted by molar-refractivity contribution is 0.0697. The zero-order chi connectivity index (χ0) is 19.3. The number of amides is 2. The smallest absolute Gasteiger partial charge is 0.335 e. The number of carbonyl (C=O) groups is 2. The van der Waals surface area contributed by atoms with Gasteiger partial charge in [-0.1, -0.05) is 44.5 Å². The van der Waals surface area contributed by atoms with Crippen LogP contribution in [0.25, 0.3) is 0 Å². The minimum absolute atomic E-state index is 0.00338. The Morgan fingerprint density at radius 3 is 2.50 bits per heavy atom. The number of ether oxygens (including phenoxy) is 1. The summed E-state index contributed by atoms with van der Waals surface area (Å²) in [6, 6.07) is 11.5. The normalized spacial score (nSPS) is 10.9. The van der Waals surface area contributed by atoms with Gasteiger partial charge in [0.25, 0.3) is 0 Å². The van der Waals surface area contributed by atoms with Gasteiger partial charge in [0.1, 0.15) is 5.75 Å². The van der Waals surface area contributed by atoms with Crippen LogP contribution in [0.3, 0.4) is 0 Å². The number of carbonyl (C=O) groups excluding carboxylic acids is 1. The summed E-state index contributed by atoms with van der Waals surface area (Å²) >= 11 is 0. The number of anilines is 1. The molecule has 2 amide bonds. The Morgan fingerprint density at radius 2 is 1.85 bits per heavy atom. The van der Waals surface area contributed by atoms with Gasteiger partial charge in [-0.2, -0.15) is 0 Å². The van der Waals surface area contributed by atoms with Gasteiger partial charge < -0.3 is 20.5 Å². The van der Waals surface area contributed by atoms with E-state index < -0.39 is 12.0 Å². The molecule has 0 heterocycles. The third kappa shape index (κ3) is 5.24. The van der Waals surface area contributed by atoms with E-state index in [0.29, 0.717) is 5.69 Å². The van der Waals surface area contributed by atoms with E-state index in [0.717, 1.165) is 16.9 Å². The minimum atomic E-state index is -1.05. The van der Waals surface area contributed by atoms with Crippen molar-refractivity contribution in [2.45, 2.75) is 33.1 Å². The summed E-state index contributed by atoms with van der Waals surface area (Å²) in [5, 5.41) is 14.2. The van der Waals surface area contributed by atoms with Crippen LogP contribution in [0.4, 0.5) is 10.5 Å². The predicted octanol–water partition coefficient (Wildman–Crippen LogP) is 4.15. The molecule has 0 saturated heterocycles. The zero-order valence-electron chi connectivity index (χ0n) is 15.4. The van der Waals surface area contributed by atoms with E-state index in [9.17, 15) is 9.59 Å². The standard InChI is InChI=1S/C20H24N2O4/c1-13-8-9-17(16(10-13)20(2,3)4)26-12-21-19(25)22-15-7-5-6-14(11-15)18(23)24/h5-11H,12H2,1-4H3,(H,23,24)(H2,21,22,25). The molecule has 138 valence electrons. The molecule has 0 aliphatic carbocycles. The fourth-order valence-corrected chi connectivity index (χ4v) is 2.44. The summed E-state index contributed by atoms with van der Waals surface area (Å²) in [6.45, 7) is 8.32. The summed E-state index contributed by atoms with van der Waals surface area (Å²) in [5.41, 5.74) is 2.63. The van der Waals surface area contributed by atoms with Crippen molar-refractivity contribution in [3.63, 3.8) is 0 Å². The van der Waals surface area contributed by atoms with Crippen LogP contribution in [-0.4, -0.2) is 23.8 Å². The quantitative estimate of drug-likeness (QED) is 0.702. The SMILES string of the molecule is Cc1ccc(OCNC(=O)Nc2cccc(C(=O)O)c2)c(C(C)(C)C)c1. The molecule has 0 atom stereocenters. The van der Waals surface area contributed by atoms with Crippen molar-refractivity contribution in [1.82, 2.24) is 5.32 Å². The number of carboxylic acids is 1. The molecule has 6 nitrogen and oxygen atoms in total. The number of aryl methyl sites for hydroxylation is 1. The lowest BCUT2D eigenvalue weighted by atomic mass is 9.85. The van der Waals surface area contributed by atoms with Gasteiger partial charge in [0.2, 0.25) is 0 Å². The largest absolute Gasteiger partial charge is 0.478 e. The van der Waals surface area contributed by atoms with Crippen LogP contribution in [-0.2, 0) is 5.41 Å². The van der Waals surface area contributed by atoms with Crippen molar-refractivity contribution >= 4 is 17.7 Å². The highest BCUT2D eigenvalue weighted by molar-refractivity contribution is 5.93. The molecule has 0 aliphatic rings. The number of hydrogen-bond donors (Lipinski definition) is 3. The second-order valence-corrected chi connectivity index (χ2v) is 7.06. The number of rotatable bonds is 5. The fourth-order valence-electron chi connectivity index (χ4n) is 2.44. The molecule has 2 aromatic rings. The van der Waals surface area contributed by atoms with Crippen molar-refractivity contribution in [2.75, 3.05) is 12.0 Å². The third-order valence-electron chi connectivity index (χ3n) is 3.77. The monoisotopic (exact) mass is 356 g/mol. The Balaban J connectivity index is 1.95. The Hall–Kier alpha value is -3.02. The van der Waals surface area contributed by atoms with Crippen LogP contribution in [0.5, 0.6) is 5.75 Å². The van der Waals surface area contributed by atoms with E-state index in [4.69, 9.17) is 9.84 Å². The number of aromatic carboxylic acids is 1. The second kappa shape index (κ2) is 7.91. The molecular formula is C20H24N2O4. The summed E-state index contributed by atoms with van der Waals surface area (Å²) in [4.78, 5) is 22.9. The molecule has 0 bridgehead atoms. The first-order valence-electron chi connectivity index (χ1n) is 8.29. The number of nitrogens with one attached hydrogen (secondary N) is 2. The van der Waals surface area contributed by atoms with E-state index in [-0.39, 0.29) is 17.7 Å². The highest BCUT2D eigenvalue weighted by Gasteiger charge is 2.19. The molecule has 0 spiro atoms. The van der Waals surface area contributed by atoms with Gasteiger partial charge in [-0.3, -0.25) is 0 Å². The van der Waals surface area contributed by atoms with Crippen molar-refractivity contribution in [3.8, 4) is 5.75 Å². The first-order valence-corrected chi connectivity index (χ1v) is 8.29. The summed E-state index contributed by atoms with van der Waals surface area (Å²) in [6.07, 6.45) is 0. The third-order valence-corrected chi connectivity index (χ3v) is 3.77. The van der Waals surface area contributed by atoms with E-state index in [1.54, 1.807) is 12.1 Å². The summed E-state index contributed by atoms with van der Waals surface area (Å²) in [5.74, 6) is -0.331. The van der Waals surface area contributed by atoms with E-state index >= 15 is 0 Å². The Labute approximate surface area is 153 Å². The first kappa shape index (κ1) is 19.3. The van der Waals surface area contributed by atoms with Crippen molar-refractivity contribution < 1.29 is 19.4 Å². The van der Waals surface area contributed by atoms with Crippen LogP contribution < -0.4 is 15.4 Å². The molecule has 2 rings (SSSR count). The van der Waals surface area contributed by atoms with E-state index in [1.807, 2.05) is 19.1 Å². The van der Waals surface area contributed by atoms with E-state index in [2.05, 4.69) is 37.5 Å². The van der Waals surface area contributed by atoms with Crippen LogP contribution in [0, 0.1) is 6.92 Å². The summed E-state index contributed by atoms with van der Waals surface area (Å²) in [7, 11) is 0. The molecule has 0 aromatic heterocycles. The zero-order valence-corrected chi connectivity index (χ0v) is 15.4. The van der Waals surface area contributed by atoms with Crippen LogP contribution in [0.2, 0.25) is 0 Å². The van der Waals surface area contributed by atoms with Crippen LogP contribution in [0.15, 0.2) is 42.5 Å². The Kier molecular flexibility index (Phi) is 5.87. The molecule has 0 saturated carbocycles. The van der Waals surface area contributed by atoms with Gasteiger partial charge in [0.15, 0.2) is 6.73 Å². The maximum atomic E-state index is 12.0. The number of hydrogen-bond acceptors (Lipinski definition) is 3. The van der Waals surface area contributed by atoms with Gasteiger partial charge in [-0.15, -0.1) is 0 Å². The second-order valence-electron chi connectivity index (χ2n) is 7.06. The first-order chi connectivity index (χ1) is 12.2. The van der Waals surface area contributed by atoms with Crippen LogP contribution in [0.1, 0.15) is 42.3 Å². The van der Waals surface area contributed by atoms with Gasteiger partial charge >= 0.3 is 12.0 Å². The molecule has 26 heavy (non-hydrogen) atoms. The predicted molar refractivity (Wildman–Crippen MR) is 101 cm³/mol. The van der Waals surface area contributed by atoms with Gasteiger partial charge in [0, 0.05) is 5.69 Å². The number of carboxylic acid groups (broad SMARTS) is 1. The molecule has 2 aromatic carbocycles. The molecule has 0 aliphatic heterocycles. The number of urea groups is 1. The summed E-state index contributed by atoms with van der Waals surface area (Å²) < 4.78 is 5.72. The van der Waals surface area contributed by atoms with Crippen LogP contribution >= 0.6 is 0 Å². The molecule has 6 heteroatoms. The maximum Gasteiger partial charge on any atom is 0.335 e. The molecular weight excluding hydrogens is 332 g/mol. The van der Waals surface area contributed by atoms with Crippen molar-refractivity contribution in [1.29, 1.82) is 0 Å². The van der Waals surface area contributed by atoms with Crippen molar-refractivity contribution in [3.05, 3.63) is 59.2 Å². The lowest BCUT2D eigenvalue weighted by Crippen LogP contribution is -2.32. The lowest BCUT2D eigenvalue weighted by Gasteiger charge is -2.23. The minimum Gasteiger partial charge on any atom is -0.478 e. The Morgan fingerprint density at radius 1 is 1.12 bits per heavy atom. The molecule has 0 radical (unpaired) electrons. The van der Waals surface area contributed by atoms with Gasteiger partial charge in [-0.05, 0) is 42.2 Å². The van der Waals surface area contributed by atoms with E-state index in [1.165, 1.54) is 12.1 Å². The van der Waals surface area contributed by atoms with Crippen molar-refractivity contribution in [2.24, 2.45) is 0 Å². The average Bonchev–Trinajstić information content (AvgIpc) is 2.55. The van der Waals surface area contributed by atoms with Gasteiger partial charge in [0.05, 0.1) is 5.56 Å². The number of benzene rings is 2. The molecule has 3 N–H and O–H groups in total. The molecule has 0 fully saturated rings. The van der Waals surface area contributed by atoms with Gasteiger partial charge in [-0.25, -0.2) is 9.59 Å². The average molecular weight is 356 g/mol. The highest BCUT2D eigenvalue weighted by Crippen LogP contribution is 2.31. The fraction of sp³-hybridized carbons (Fsp3) is 0.300. The topological polar surface area (TPSA) is 87.7 Å².